The van der Waals surface area contributed by atoms with Crippen LogP contribution < -0.4 is 15.1 Å². The van der Waals surface area contributed by atoms with Gasteiger partial charge in [-0.15, -0.1) is 0 Å². The van der Waals surface area contributed by atoms with Crippen molar-refractivity contribution >= 4 is 77.2 Å². The number of unbranched alkanes of at least 4 members (excludes halogenated alkanes) is 2. The minimum absolute atomic E-state index is 0.0682. The number of hydrogen-bond donors (Lipinski definition) is 3. The highest BCUT2D eigenvalue weighted by molar-refractivity contribution is 7.86. The van der Waals surface area contributed by atoms with Crippen molar-refractivity contribution in [2.24, 2.45) is 0 Å². The van der Waals surface area contributed by atoms with E-state index in [4.69, 9.17) is 11.6 Å². The molecule has 4 aliphatic rings. The maximum absolute atomic E-state index is 12.7. The zero-order valence-electron chi connectivity index (χ0n) is 42.6. The first-order valence-electron chi connectivity index (χ1n) is 25.3. The maximum Gasteiger partial charge on any atom is 0.294 e. The highest BCUT2D eigenvalue weighted by Crippen LogP contribution is 2.50. The molecule has 3 aromatic rings. The van der Waals surface area contributed by atoms with Crippen LogP contribution in [0.1, 0.15) is 117 Å². The lowest BCUT2D eigenvalue weighted by atomic mass is 9.78. The molecule has 0 atom stereocenters. The average Bonchev–Trinajstić information content (AvgIpc) is 3.84. The molecule has 0 saturated carbocycles. The van der Waals surface area contributed by atoms with Gasteiger partial charge in [0.05, 0.1) is 16.1 Å². The van der Waals surface area contributed by atoms with Crippen molar-refractivity contribution in [1.29, 1.82) is 0 Å². The van der Waals surface area contributed by atoms with E-state index in [2.05, 4.69) is 110 Å². The predicted molar refractivity (Wildman–Crippen MR) is 291 cm³/mol. The van der Waals surface area contributed by atoms with Gasteiger partial charge in [0, 0.05) is 103 Å². The van der Waals surface area contributed by atoms with Gasteiger partial charge in [-0.2, -0.15) is 21.4 Å². The smallest absolute Gasteiger partial charge is 0.294 e. The molecule has 0 unspecified atom stereocenters. The van der Waals surface area contributed by atoms with Crippen molar-refractivity contribution in [1.82, 2.24) is 10.2 Å². The zero-order valence-corrected chi connectivity index (χ0v) is 45.0. The van der Waals surface area contributed by atoms with Gasteiger partial charge in [-0.1, -0.05) is 64.1 Å². The number of anilines is 2. The summed E-state index contributed by atoms with van der Waals surface area (Å²) in [6.07, 6.45) is 19.1. The summed E-state index contributed by atoms with van der Waals surface area (Å²) in [5, 5.41) is 5.20. The SMILES string of the molecule is C=C1C=CC(=O)N1CCNC(=O)CCCCC[N+]1=C(C=CC2=C(Cl)C(=CC=C3N(CCCS(=O)(=O)O)c4ccc(N(CCC)CCC)cc4C3(C)C)CCC2)C(C)(C)c2c1ccc1cc(S(=O)(=O)O)ccc21. The first-order valence-corrected chi connectivity index (χ1v) is 28.7. The molecule has 0 fully saturated rings. The lowest BCUT2D eigenvalue weighted by Gasteiger charge is -2.27. The number of fused-ring (bicyclic) bond motifs is 4. The molecular formula is C56H71ClN5O8S2+. The van der Waals surface area contributed by atoms with Crippen LogP contribution in [0.5, 0.6) is 0 Å². The standard InChI is InChI=1S/C56H70ClN5O8S2/c1-8-31-59(32-9-2)43-22-26-47-46(38-43)55(4,5)49(61(47)34-14-36-71(65,66)67)27-20-40-15-13-16-41(54(40)57)21-28-50-56(6,7)53-45-24-23-44(72(68,69)70)37-42(45)19-25-48(53)62(50)33-12-10-11-17-51(63)58-30-35-60-39(3)18-29-52(60)64/h18-29,37-38H,3,8-17,30-36H2,1-2,4-7H3,(H2-,58,63,65,66,67,68,69,70)/p+1. The van der Waals surface area contributed by atoms with Crippen molar-refractivity contribution in [2.75, 3.05) is 54.8 Å². The Balaban J connectivity index is 1.16. The van der Waals surface area contributed by atoms with E-state index in [1.165, 1.54) is 23.1 Å². The Morgan fingerprint density at radius 1 is 0.875 bits per heavy atom. The molecule has 72 heavy (non-hydrogen) atoms. The van der Waals surface area contributed by atoms with Crippen LogP contribution in [0, 0.1) is 0 Å². The fourth-order valence-electron chi connectivity index (χ4n) is 10.8. The van der Waals surface area contributed by atoms with E-state index in [0.29, 0.717) is 55.1 Å². The number of amides is 2. The molecule has 3 aromatic carbocycles. The molecule has 386 valence electrons. The van der Waals surface area contributed by atoms with E-state index >= 15 is 0 Å². The van der Waals surface area contributed by atoms with Crippen molar-refractivity contribution in [3.63, 3.8) is 0 Å². The lowest BCUT2D eigenvalue weighted by molar-refractivity contribution is -0.438. The van der Waals surface area contributed by atoms with Gasteiger partial charge in [0.25, 0.3) is 26.1 Å². The van der Waals surface area contributed by atoms with Gasteiger partial charge in [0.1, 0.15) is 6.54 Å². The molecule has 0 spiro atoms. The quantitative estimate of drug-likeness (QED) is 0.0501. The van der Waals surface area contributed by atoms with Gasteiger partial charge < -0.3 is 20.0 Å². The largest absolute Gasteiger partial charge is 0.372 e. The summed E-state index contributed by atoms with van der Waals surface area (Å²) in [4.78, 5) is 30.8. The number of nitrogens with one attached hydrogen (secondary N) is 1. The predicted octanol–water partition coefficient (Wildman–Crippen LogP) is 10.8. The molecule has 0 bridgehead atoms. The summed E-state index contributed by atoms with van der Waals surface area (Å²) in [5.74, 6) is -0.536. The van der Waals surface area contributed by atoms with Crippen molar-refractivity contribution in [3.05, 3.63) is 130 Å². The number of rotatable bonds is 22. The van der Waals surface area contributed by atoms with Crippen LogP contribution in [-0.4, -0.2) is 98.0 Å². The number of allylic oxidation sites excluding steroid dienone is 9. The van der Waals surface area contributed by atoms with E-state index in [9.17, 15) is 35.5 Å². The summed E-state index contributed by atoms with van der Waals surface area (Å²) < 4.78 is 69.8. The van der Waals surface area contributed by atoms with Crippen LogP contribution in [0.15, 0.2) is 124 Å². The third-order valence-corrected chi connectivity index (χ3v) is 16.6. The Morgan fingerprint density at radius 2 is 1.62 bits per heavy atom. The Hall–Kier alpha value is -5.32. The number of halogens is 1. The molecule has 3 aliphatic heterocycles. The van der Waals surface area contributed by atoms with Crippen molar-refractivity contribution in [2.45, 2.75) is 121 Å². The third-order valence-electron chi connectivity index (χ3n) is 14.4. The monoisotopic (exact) mass is 1040 g/mol. The highest BCUT2D eigenvalue weighted by atomic mass is 35.5. The summed E-state index contributed by atoms with van der Waals surface area (Å²) in [6.45, 7) is 20.7. The molecule has 13 nitrogen and oxygen atoms in total. The van der Waals surface area contributed by atoms with E-state index in [-0.39, 0.29) is 28.9 Å². The van der Waals surface area contributed by atoms with Crippen LogP contribution in [0.4, 0.5) is 17.1 Å². The van der Waals surface area contributed by atoms with Crippen LogP contribution in [-0.2, 0) is 40.7 Å². The fraction of sp³-hybridized carbons (Fsp3) is 0.446. The normalized spacial score (nSPS) is 18.7. The third kappa shape index (κ3) is 12.0. The van der Waals surface area contributed by atoms with Crippen LogP contribution in [0.25, 0.3) is 10.8 Å². The van der Waals surface area contributed by atoms with Gasteiger partial charge in [0.2, 0.25) is 11.6 Å². The second-order valence-electron chi connectivity index (χ2n) is 20.3. The summed E-state index contributed by atoms with van der Waals surface area (Å²) in [5.41, 5.74) is 9.15. The minimum Gasteiger partial charge on any atom is -0.372 e. The van der Waals surface area contributed by atoms with Gasteiger partial charge in [-0.05, 0) is 141 Å². The molecule has 3 heterocycles. The lowest BCUT2D eigenvalue weighted by Crippen LogP contribution is -2.34. The highest BCUT2D eigenvalue weighted by Gasteiger charge is 2.46. The fourth-order valence-corrected chi connectivity index (χ4v) is 12.2. The number of benzene rings is 3. The first kappa shape index (κ1) is 54.5. The Bertz CT molecular complexity index is 3030. The molecule has 16 heteroatoms. The van der Waals surface area contributed by atoms with Crippen LogP contribution >= 0.6 is 11.6 Å². The molecule has 0 aromatic heterocycles. The Labute approximate surface area is 431 Å². The molecule has 0 radical (unpaired) electrons. The number of carbonyl (C=O) groups excluding carboxylic acids is 2. The molecule has 2 amide bonds. The zero-order chi connectivity index (χ0) is 52.2. The van der Waals surface area contributed by atoms with Crippen molar-refractivity contribution in [3.8, 4) is 0 Å². The number of nitrogens with zero attached hydrogens (tertiary/aromatic N) is 4. The minimum atomic E-state index is -4.41. The topological polar surface area (TPSA) is 168 Å². The first-order chi connectivity index (χ1) is 34.1. The molecular weight excluding hydrogens is 970 g/mol. The van der Waals surface area contributed by atoms with Crippen LogP contribution in [0.2, 0.25) is 0 Å². The molecule has 7 rings (SSSR count). The molecule has 0 saturated heterocycles. The van der Waals surface area contributed by atoms with E-state index in [1.807, 2.05) is 12.1 Å². The van der Waals surface area contributed by atoms with Crippen molar-refractivity contribution < 1.29 is 40.1 Å². The molecule has 1 aliphatic carbocycles. The van der Waals surface area contributed by atoms with Gasteiger partial charge in [0.15, 0.2) is 5.71 Å². The van der Waals surface area contributed by atoms with E-state index < -0.39 is 31.1 Å². The van der Waals surface area contributed by atoms with E-state index in [1.54, 1.807) is 12.1 Å². The van der Waals surface area contributed by atoms with Gasteiger partial charge in [-0.25, -0.2) is 0 Å². The summed E-state index contributed by atoms with van der Waals surface area (Å²) in [7, 11) is -8.55. The molecule has 3 N–H and O–H groups in total. The summed E-state index contributed by atoms with van der Waals surface area (Å²) in [6, 6.07) is 15.2. The average molecular weight is 1040 g/mol. The second kappa shape index (κ2) is 22.4. The van der Waals surface area contributed by atoms with E-state index in [0.717, 1.165) is 114 Å². The Morgan fingerprint density at radius 3 is 2.31 bits per heavy atom. The number of hydrogen-bond acceptors (Lipinski definition) is 8. The second-order valence-corrected chi connectivity index (χ2v) is 23.7. The summed E-state index contributed by atoms with van der Waals surface area (Å²) >= 11 is 7.38. The number of carbonyl (C=O) groups is 2. The van der Waals surface area contributed by atoms with Gasteiger partial charge in [-0.3, -0.25) is 18.7 Å². The maximum atomic E-state index is 12.7. The Kier molecular flexibility index (Phi) is 17.0. The van der Waals surface area contributed by atoms with Crippen LogP contribution in [0.3, 0.4) is 0 Å². The van der Waals surface area contributed by atoms with Gasteiger partial charge >= 0.3 is 0 Å².